The molecule has 0 unspecified atom stereocenters. The molecule has 0 saturated carbocycles. The van der Waals surface area contributed by atoms with Crippen LogP contribution in [0.3, 0.4) is 0 Å². The first-order valence-corrected chi connectivity index (χ1v) is 8.99. The lowest BCUT2D eigenvalue weighted by Crippen LogP contribution is -2.49. The van der Waals surface area contributed by atoms with E-state index in [0.29, 0.717) is 32.2 Å². The van der Waals surface area contributed by atoms with Crippen molar-refractivity contribution in [2.45, 2.75) is 39.1 Å². The lowest BCUT2D eigenvalue weighted by atomic mass is 10.0. The quantitative estimate of drug-likeness (QED) is 0.793. The first-order valence-electron chi connectivity index (χ1n) is 8.61. The minimum atomic E-state index is -4.73. The first kappa shape index (κ1) is 22.3. The van der Waals surface area contributed by atoms with E-state index in [9.17, 15) is 22.8 Å². The molecule has 1 aliphatic heterocycles. The number of rotatable bonds is 3. The van der Waals surface area contributed by atoms with Crippen LogP contribution < -0.4 is 0 Å². The zero-order valence-electron chi connectivity index (χ0n) is 15.8. The molecule has 0 radical (unpaired) electrons. The van der Waals surface area contributed by atoms with Crippen LogP contribution >= 0.6 is 11.6 Å². The number of carbonyl (C=O) groups excluding carboxylic acids is 1. The standard InChI is InChI=1S/C18H22ClF3N2O4/c1-17(2,3)28-16(27)24-6-4-23(5-7-24)10-12-13(18(20,21)22)8-11(15(25)26)9-14(12)19/h8-9H,4-7,10H2,1-3H3,(H,25,26). The van der Waals surface area contributed by atoms with Gasteiger partial charge in [-0.2, -0.15) is 13.2 Å². The van der Waals surface area contributed by atoms with Crippen LogP contribution in [0.5, 0.6) is 0 Å². The maximum Gasteiger partial charge on any atom is 0.416 e. The number of alkyl halides is 3. The molecule has 0 spiro atoms. The molecule has 1 aromatic rings. The summed E-state index contributed by atoms with van der Waals surface area (Å²) in [6.07, 6.45) is -5.20. The Labute approximate surface area is 165 Å². The second-order valence-corrected chi connectivity index (χ2v) is 7.94. The molecular weight excluding hydrogens is 401 g/mol. The molecule has 1 saturated heterocycles. The van der Waals surface area contributed by atoms with E-state index in [2.05, 4.69) is 0 Å². The van der Waals surface area contributed by atoms with Gasteiger partial charge in [0.05, 0.1) is 11.1 Å². The molecule has 1 aromatic carbocycles. The molecule has 156 valence electrons. The second-order valence-electron chi connectivity index (χ2n) is 7.53. The third-order valence-electron chi connectivity index (χ3n) is 4.15. The van der Waals surface area contributed by atoms with E-state index in [1.807, 2.05) is 0 Å². The van der Waals surface area contributed by atoms with E-state index >= 15 is 0 Å². The molecule has 10 heteroatoms. The molecule has 1 heterocycles. The van der Waals surface area contributed by atoms with Gasteiger partial charge in [-0.1, -0.05) is 11.6 Å². The van der Waals surface area contributed by atoms with Gasteiger partial charge in [0, 0.05) is 37.7 Å². The van der Waals surface area contributed by atoms with Crippen molar-refractivity contribution in [2.75, 3.05) is 26.2 Å². The molecule has 1 N–H and O–H groups in total. The number of carbonyl (C=O) groups is 2. The Morgan fingerprint density at radius 2 is 1.71 bits per heavy atom. The van der Waals surface area contributed by atoms with Crippen LogP contribution in [0.1, 0.15) is 42.3 Å². The highest BCUT2D eigenvalue weighted by molar-refractivity contribution is 6.31. The van der Waals surface area contributed by atoms with Gasteiger partial charge in [0.2, 0.25) is 0 Å². The maximum atomic E-state index is 13.4. The van der Waals surface area contributed by atoms with Crippen molar-refractivity contribution in [1.82, 2.24) is 9.80 Å². The van der Waals surface area contributed by atoms with Crippen molar-refractivity contribution >= 4 is 23.7 Å². The molecule has 6 nitrogen and oxygen atoms in total. The van der Waals surface area contributed by atoms with Gasteiger partial charge in [-0.3, -0.25) is 4.90 Å². The molecule has 1 fully saturated rings. The number of halogens is 4. The first-order chi connectivity index (χ1) is 12.8. The van der Waals surface area contributed by atoms with Crippen molar-refractivity contribution in [1.29, 1.82) is 0 Å². The van der Waals surface area contributed by atoms with Crippen LogP contribution in [-0.2, 0) is 17.5 Å². The molecule has 1 aliphatic rings. The average molecular weight is 423 g/mol. The summed E-state index contributed by atoms with van der Waals surface area (Å²) in [6, 6.07) is 1.62. The molecule has 0 aliphatic carbocycles. The van der Waals surface area contributed by atoms with Crippen LogP contribution in [0.25, 0.3) is 0 Å². The third kappa shape index (κ3) is 5.75. The van der Waals surface area contributed by atoms with E-state index in [1.54, 1.807) is 25.7 Å². The van der Waals surface area contributed by atoms with Crippen LogP contribution in [0, 0.1) is 0 Å². The lowest BCUT2D eigenvalue weighted by molar-refractivity contribution is -0.138. The molecule has 0 aromatic heterocycles. The zero-order valence-corrected chi connectivity index (χ0v) is 16.5. The number of hydrogen-bond acceptors (Lipinski definition) is 4. The topological polar surface area (TPSA) is 70.1 Å². The number of nitrogens with zero attached hydrogens (tertiary/aromatic N) is 2. The van der Waals surface area contributed by atoms with E-state index in [0.717, 1.165) is 6.07 Å². The van der Waals surface area contributed by atoms with Crippen LogP contribution in [0.15, 0.2) is 12.1 Å². The highest BCUT2D eigenvalue weighted by Crippen LogP contribution is 2.37. The fourth-order valence-electron chi connectivity index (χ4n) is 2.81. The van der Waals surface area contributed by atoms with Crippen molar-refractivity contribution in [3.05, 3.63) is 33.8 Å². The van der Waals surface area contributed by atoms with Crippen molar-refractivity contribution < 1.29 is 32.6 Å². The van der Waals surface area contributed by atoms with E-state index in [1.165, 1.54) is 4.90 Å². The van der Waals surface area contributed by atoms with E-state index in [-0.39, 0.29) is 17.1 Å². The summed E-state index contributed by atoms with van der Waals surface area (Å²) in [6.45, 7) is 6.45. The minimum absolute atomic E-state index is 0.101. The number of amides is 1. The Morgan fingerprint density at radius 3 is 2.18 bits per heavy atom. The molecule has 28 heavy (non-hydrogen) atoms. The Hall–Kier alpha value is -2.00. The summed E-state index contributed by atoms with van der Waals surface area (Å²) in [4.78, 5) is 26.4. The number of carboxylic acids is 1. The summed E-state index contributed by atoms with van der Waals surface area (Å²) >= 11 is 5.98. The predicted molar refractivity (Wildman–Crippen MR) is 96.5 cm³/mol. The van der Waals surface area contributed by atoms with E-state index < -0.39 is 35.0 Å². The summed E-state index contributed by atoms with van der Waals surface area (Å²) in [5.74, 6) is -1.48. The summed E-state index contributed by atoms with van der Waals surface area (Å²) in [7, 11) is 0. The Bertz CT molecular complexity index is 754. The lowest BCUT2D eigenvalue weighted by Gasteiger charge is -2.36. The van der Waals surface area contributed by atoms with Gasteiger partial charge in [-0.25, -0.2) is 9.59 Å². The van der Waals surface area contributed by atoms with Gasteiger partial charge >= 0.3 is 18.2 Å². The fraction of sp³-hybridized carbons (Fsp3) is 0.556. The minimum Gasteiger partial charge on any atom is -0.478 e. The normalized spacial score (nSPS) is 16.2. The Kier molecular flexibility index (Phi) is 6.50. The number of benzene rings is 1. The third-order valence-corrected chi connectivity index (χ3v) is 4.49. The fourth-order valence-corrected chi connectivity index (χ4v) is 3.09. The molecular formula is C18H22ClF3N2O4. The SMILES string of the molecule is CC(C)(C)OC(=O)N1CCN(Cc2c(Cl)cc(C(=O)O)cc2C(F)(F)F)CC1. The van der Waals surface area contributed by atoms with Gasteiger partial charge in [-0.05, 0) is 38.5 Å². The van der Waals surface area contributed by atoms with Gasteiger partial charge in [-0.15, -0.1) is 0 Å². The monoisotopic (exact) mass is 422 g/mol. The molecule has 2 rings (SSSR count). The number of hydrogen-bond donors (Lipinski definition) is 1. The smallest absolute Gasteiger partial charge is 0.416 e. The summed E-state index contributed by atoms with van der Waals surface area (Å²) in [5, 5.41) is 8.74. The highest BCUT2D eigenvalue weighted by atomic mass is 35.5. The zero-order chi connectivity index (χ0) is 21.3. The molecule has 0 atom stereocenters. The predicted octanol–water partition coefficient (Wildman–Crippen LogP) is 4.11. The van der Waals surface area contributed by atoms with Crippen LogP contribution in [-0.4, -0.2) is 58.7 Å². The summed E-state index contributed by atoms with van der Waals surface area (Å²) < 4.78 is 45.5. The van der Waals surface area contributed by atoms with Gasteiger partial charge in [0.15, 0.2) is 0 Å². The van der Waals surface area contributed by atoms with Crippen LogP contribution in [0.2, 0.25) is 5.02 Å². The van der Waals surface area contributed by atoms with Crippen molar-refractivity contribution in [2.24, 2.45) is 0 Å². The Morgan fingerprint density at radius 1 is 1.14 bits per heavy atom. The number of carboxylic acid groups (broad SMARTS) is 1. The summed E-state index contributed by atoms with van der Waals surface area (Å²) in [5.41, 5.74) is -2.39. The highest BCUT2D eigenvalue weighted by Gasteiger charge is 2.36. The van der Waals surface area contributed by atoms with Gasteiger partial charge in [0.25, 0.3) is 0 Å². The maximum absolute atomic E-state index is 13.4. The second kappa shape index (κ2) is 8.16. The number of piperazine rings is 1. The van der Waals surface area contributed by atoms with Crippen molar-refractivity contribution in [3.63, 3.8) is 0 Å². The largest absolute Gasteiger partial charge is 0.478 e. The van der Waals surface area contributed by atoms with Crippen molar-refractivity contribution in [3.8, 4) is 0 Å². The average Bonchev–Trinajstić information content (AvgIpc) is 2.54. The molecule has 0 bridgehead atoms. The molecule has 1 amide bonds. The Balaban J connectivity index is 2.13. The van der Waals surface area contributed by atoms with Crippen LogP contribution in [0.4, 0.5) is 18.0 Å². The van der Waals surface area contributed by atoms with Gasteiger partial charge < -0.3 is 14.7 Å². The number of aromatic carboxylic acids is 1. The van der Waals surface area contributed by atoms with Gasteiger partial charge in [0.1, 0.15) is 5.60 Å². The number of ether oxygens (including phenoxy) is 1. The van der Waals surface area contributed by atoms with E-state index in [4.69, 9.17) is 21.4 Å².